The number of unbranched alkanes of at least 4 members (excludes halogenated alkanes) is 2. The van der Waals surface area contributed by atoms with Crippen molar-refractivity contribution in [2.75, 3.05) is 0 Å². The van der Waals surface area contributed by atoms with Crippen LogP contribution < -0.4 is 33.2 Å². The largest absolute Gasteiger partial charge is 0.480 e. The highest BCUT2D eigenvalue weighted by Crippen LogP contribution is 2.17. The van der Waals surface area contributed by atoms with Crippen LogP contribution in [0.5, 0.6) is 0 Å². The second-order valence-corrected chi connectivity index (χ2v) is 10.8. The SMILES string of the molecule is CC(C)CCCCC[C@@H](N)CC(=O)N[C@H](CC(N)=O)C(=O)N[C@H](C(=O)N[C@@H](C(=O)O)[C@@H](O)c1ccccc1)[C@@H](O)C(N)=O. The van der Waals surface area contributed by atoms with Gasteiger partial charge in [-0.05, 0) is 17.9 Å². The Morgan fingerprint density at radius 2 is 1.37 bits per heavy atom. The molecule has 0 aliphatic heterocycles. The van der Waals surface area contributed by atoms with E-state index in [4.69, 9.17) is 17.2 Å². The monoisotopic (exact) mass is 608 g/mol. The molecule has 1 aromatic rings. The first-order valence-corrected chi connectivity index (χ1v) is 14.0. The van der Waals surface area contributed by atoms with Gasteiger partial charge in [0, 0.05) is 12.5 Å². The molecule has 15 nitrogen and oxygen atoms in total. The molecule has 0 heterocycles. The van der Waals surface area contributed by atoms with Gasteiger partial charge in [0.1, 0.15) is 18.2 Å². The Bertz CT molecular complexity index is 1100. The van der Waals surface area contributed by atoms with Crippen molar-refractivity contribution in [1.29, 1.82) is 0 Å². The number of hydrogen-bond donors (Lipinski definition) is 9. The van der Waals surface area contributed by atoms with E-state index in [2.05, 4.69) is 19.2 Å². The van der Waals surface area contributed by atoms with Gasteiger partial charge < -0.3 is 48.5 Å². The minimum Gasteiger partial charge on any atom is -0.480 e. The summed E-state index contributed by atoms with van der Waals surface area (Å²) in [5, 5.41) is 36.7. The molecular weight excluding hydrogens is 564 g/mol. The number of carboxylic acids is 1. The third kappa shape index (κ3) is 13.6. The summed E-state index contributed by atoms with van der Waals surface area (Å²) >= 11 is 0. The van der Waals surface area contributed by atoms with E-state index >= 15 is 0 Å². The van der Waals surface area contributed by atoms with Crippen LogP contribution in [0.4, 0.5) is 0 Å². The molecule has 15 heteroatoms. The summed E-state index contributed by atoms with van der Waals surface area (Å²) in [5.74, 6) is -6.82. The molecule has 0 saturated heterocycles. The molecule has 0 radical (unpaired) electrons. The Balaban J connectivity index is 2.99. The molecule has 0 saturated carbocycles. The molecule has 0 aliphatic rings. The van der Waals surface area contributed by atoms with Gasteiger partial charge in [-0.3, -0.25) is 24.0 Å². The minimum absolute atomic E-state index is 0.129. The van der Waals surface area contributed by atoms with Crippen LogP contribution >= 0.6 is 0 Å². The van der Waals surface area contributed by atoms with Gasteiger partial charge in [-0.15, -0.1) is 0 Å². The maximum atomic E-state index is 13.0. The third-order valence-electron chi connectivity index (χ3n) is 6.57. The van der Waals surface area contributed by atoms with Crippen LogP contribution in [0.25, 0.3) is 0 Å². The number of nitrogens with two attached hydrogens (primary N) is 3. The van der Waals surface area contributed by atoms with Crippen LogP contribution in [0.3, 0.4) is 0 Å². The summed E-state index contributed by atoms with van der Waals surface area (Å²) in [7, 11) is 0. The molecule has 5 amide bonds. The zero-order chi connectivity index (χ0) is 32.7. The Morgan fingerprint density at radius 3 is 1.91 bits per heavy atom. The van der Waals surface area contributed by atoms with Crippen molar-refractivity contribution in [2.24, 2.45) is 23.1 Å². The van der Waals surface area contributed by atoms with Crippen molar-refractivity contribution in [3.8, 4) is 0 Å². The van der Waals surface area contributed by atoms with Gasteiger partial charge >= 0.3 is 5.97 Å². The number of carbonyl (C=O) groups excluding carboxylic acids is 5. The van der Waals surface area contributed by atoms with Crippen molar-refractivity contribution < 1.29 is 44.1 Å². The zero-order valence-electron chi connectivity index (χ0n) is 24.4. The number of aliphatic hydroxyl groups excluding tert-OH is 2. The number of amides is 5. The molecule has 0 aliphatic carbocycles. The number of primary amides is 2. The van der Waals surface area contributed by atoms with E-state index in [1.54, 1.807) is 6.07 Å². The molecule has 12 N–H and O–H groups in total. The van der Waals surface area contributed by atoms with E-state index in [1.165, 1.54) is 24.3 Å². The number of aliphatic carboxylic acids is 1. The standard InChI is InChI=1S/C28H44N6O9/c1-15(2)9-5-3-8-12-17(29)13-20(36)32-18(14-19(30)35)26(40)33-21(24(38)25(31)39)27(41)34-22(28(42)43)23(37)16-10-6-4-7-11-16/h4,6-7,10-11,15,17-18,21-24,37-38H,3,5,8-9,12-14,29H2,1-2H3,(H2,30,35)(H2,31,39)(H,32,36)(H,33,40)(H,34,41)(H,42,43)/t17-,18-,21+,22-,23+,24-/m1/s1. The van der Waals surface area contributed by atoms with E-state index in [1.807, 2.05) is 10.6 Å². The fourth-order valence-electron chi connectivity index (χ4n) is 4.21. The second kappa shape index (κ2) is 18.5. The first-order chi connectivity index (χ1) is 20.1. The lowest BCUT2D eigenvalue weighted by atomic mass is 10.0. The highest BCUT2D eigenvalue weighted by atomic mass is 16.4. The number of carbonyl (C=O) groups is 6. The lowest BCUT2D eigenvalue weighted by Crippen LogP contribution is -2.62. The molecule has 0 aromatic heterocycles. The first kappa shape index (κ1) is 36.9. The van der Waals surface area contributed by atoms with Gasteiger partial charge in [0.15, 0.2) is 12.1 Å². The number of hydrogen-bond acceptors (Lipinski definition) is 9. The summed E-state index contributed by atoms with van der Waals surface area (Å²) in [4.78, 5) is 73.8. The molecule has 0 bridgehead atoms. The average Bonchev–Trinajstić information content (AvgIpc) is 2.92. The first-order valence-electron chi connectivity index (χ1n) is 14.0. The van der Waals surface area contributed by atoms with Crippen LogP contribution in [-0.4, -0.2) is 81.1 Å². The molecule has 1 rings (SSSR count). The molecular formula is C28H44N6O9. The van der Waals surface area contributed by atoms with Crippen LogP contribution in [0.15, 0.2) is 30.3 Å². The van der Waals surface area contributed by atoms with Crippen LogP contribution in [0.1, 0.15) is 70.5 Å². The maximum absolute atomic E-state index is 13.0. The fourth-order valence-corrected chi connectivity index (χ4v) is 4.21. The average molecular weight is 609 g/mol. The van der Waals surface area contributed by atoms with Crippen molar-refractivity contribution in [3.05, 3.63) is 35.9 Å². The number of aliphatic hydroxyl groups is 2. The number of carboxylic acid groups (broad SMARTS) is 1. The Morgan fingerprint density at radius 1 is 0.791 bits per heavy atom. The fraction of sp³-hybridized carbons (Fsp3) is 0.571. The Labute approximate surface area is 249 Å². The lowest BCUT2D eigenvalue weighted by molar-refractivity contribution is -0.147. The molecule has 0 fully saturated rings. The van der Waals surface area contributed by atoms with Crippen molar-refractivity contribution in [2.45, 2.75) is 95.2 Å². The van der Waals surface area contributed by atoms with Gasteiger partial charge in [0.25, 0.3) is 0 Å². The highest BCUT2D eigenvalue weighted by Gasteiger charge is 2.38. The molecule has 1 aromatic carbocycles. The van der Waals surface area contributed by atoms with Crippen molar-refractivity contribution in [3.63, 3.8) is 0 Å². The summed E-state index contributed by atoms with van der Waals surface area (Å²) < 4.78 is 0. The van der Waals surface area contributed by atoms with Gasteiger partial charge in [-0.2, -0.15) is 0 Å². The lowest BCUT2D eigenvalue weighted by Gasteiger charge is -2.27. The molecule has 0 unspecified atom stereocenters. The van der Waals surface area contributed by atoms with Crippen molar-refractivity contribution in [1.82, 2.24) is 16.0 Å². The predicted octanol–water partition coefficient (Wildman–Crippen LogP) is -1.70. The zero-order valence-corrected chi connectivity index (χ0v) is 24.4. The van der Waals surface area contributed by atoms with Crippen molar-refractivity contribution >= 4 is 35.5 Å². The number of benzene rings is 1. The van der Waals surface area contributed by atoms with Crippen LogP contribution in [0.2, 0.25) is 0 Å². The smallest absolute Gasteiger partial charge is 0.329 e. The number of rotatable bonds is 20. The van der Waals surface area contributed by atoms with E-state index in [9.17, 15) is 44.1 Å². The molecule has 240 valence electrons. The van der Waals surface area contributed by atoms with E-state index in [-0.39, 0.29) is 12.0 Å². The van der Waals surface area contributed by atoms with Gasteiger partial charge in [0.2, 0.25) is 29.5 Å². The molecule has 0 spiro atoms. The number of nitrogens with one attached hydrogen (secondary N) is 3. The van der Waals surface area contributed by atoms with Crippen LogP contribution in [-0.2, 0) is 28.8 Å². The normalized spacial score (nSPS) is 15.3. The summed E-state index contributed by atoms with van der Waals surface area (Å²) in [6.07, 6.45) is -0.625. The Hall–Kier alpha value is -4.08. The molecule has 6 atom stereocenters. The van der Waals surface area contributed by atoms with E-state index in [0.29, 0.717) is 12.3 Å². The summed E-state index contributed by atoms with van der Waals surface area (Å²) in [6, 6.07) is 1.15. The second-order valence-electron chi connectivity index (χ2n) is 10.8. The van der Waals surface area contributed by atoms with E-state index in [0.717, 1.165) is 25.7 Å². The topological polar surface area (TPSA) is 277 Å². The van der Waals surface area contributed by atoms with Crippen LogP contribution in [0, 0.1) is 5.92 Å². The maximum Gasteiger partial charge on any atom is 0.329 e. The van der Waals surface area contributed by atoms with Gasteiger partial charge in [-0.1, -0.05) is 69.9 Å². The Kier molecular flexibility index (Phi) is 15.9. The van der Waals surface area contributed by atoms with Gasteiger partial charge in [0.05, 0.1) is 6.42 Å². The summed E-state index contributed by atoms with van der Waals surface area (Å²) in [6.45, 7) is 4.25. The minimum atomic E-state index is -2.36. The van der Waals surface area contributed by atoms with E-state index < -0.39 is 78.3 Å². The van der Waals surface area contributed by atoms with Gasteiger partial charge in [-0.25, -0.2) is 4.79 Å². The third-order valence-corrected chi connectivity index (χ3v) is 6.57. The molecule has 43 heavy (non-hydrogen) atoms. The highest BCUT2D eigenvalue weighted by molar-refractivity contribution is 5.98. The quantitative estimate of drug-likeness (QED) is 0.0757. The predicted molar refractivity (Wildman–Crippen MR) is 154 cm³/mol. The summed E-state index contributed by atoms with van der Waals surface area (Å²) in [5.41, 5.74) is 16.5.